The third-order valence-corrected chi connectivity index (χ3v) is 11.8. The van der Waals surface area contributed by atoms with Crippen LogP contribution in [0.25, 0.3) is 10.8 Å². The Balaban J connectivity index is 1.57. The monoisotopic (exact) mass is 606 g/mol. The first-order valence-corrected chi connectivity index (χ1v) is 18.1. The van der Waals surface area contributed by atoms with E-state index in [1.54, 1.807) is 0 Å². The molecule has 6 unspecified atom stereocenters. The van der Waals surface area contributed by atoms with Crippen molar-refractivity contribution >= 4 is 16.5 Å². The number of fused-ring (bicyclic) bond motifs is 2. The number of hydrogen-bond acceptors (Lipinski definition) is 3. The van der Waals surface area contributed by atoms with E-state index in [9.17, 15) is 0 Å². The quantitative estimate of drug-likeness (QED) is 0.279. The van der Waals surface area contributed by atoms with Crippen molar-refractivity contribution in [3.05, 3.63) is 83.5 Å². The Labute approximate surface area is 273 Å². The molecule has 1 saturated carbocycles. The van der Waals surface area contributed by atoms with Gasteiger partial charge in [0.25, 0.3) is 0 Å². The normalized spacial score (nSPS) is 31.6. The highest BCUT2D eigenvalue weighted by molar-refractivity contribution is 6.22. The summed E-state index contributed by atoms with van der Waals surface area (Å²) in [5.74, 6) is 2.06. The number of hydrogen-bond donors (Lipinski definition) is 0. The summed E-state index contributed by atoms with van der Waals surface area (Å²) in [6, 6.07) is 12.6. The van der Waals surface area contributed by atoms with E-state index in [2.05, 4.69) is 102 Å². The zero-order chi connectivity index (χ0) is 32.0. The fourth-order valence-electron chi connectivity index (χ4n) is 9.47. The standard InChI is InChI=1S/C42H58N2O/c1-10-16-35-37(41-44(28(6)21-22-45-41)36-20-15-13-18-31(36)24-27(5)11-2)33-25-30-17-12-14-19-32(30)39-38(33)40(43-35)29(7)34(23-26(3)4)42(39,8)9/h10,12,14,17,19,23,25-28,31,35-37,41H,1,7,11,13,15-16,18,20-22,24H2,2-6,8-9H3/b34-23+/t27?,28-,31?,35?,36?,37?,41?/m0/s1. The summed E-state index contributed by atoms with van der Waals surface area (Å²) in [4.78, 5) is 8.56. The molecular formula is C42H58N2O. The first-order chi connectivity index (χ1) is 21.6. The number of rotatable bonds is 8. The van der Waals surface area contributed by atoms with Gasteiger partial charge in [-0.1, -0.05) is 104 Å². The maximum Gasteiger partial charge on any atom is 0.120 e. The number of benzene rings is 2. The molecule has 7 atom stereocenters. The maximum absolute atomic E-state index is 7.05. The van der Waals surface area contributed by atoms with Crippen molar-refractivity contribution in [2.24, 2.45) is 22.7 Å². The van der Waals surface area contributed by atoms with Gasteiger partial charge in [0.05, 0.1) is 18.4 Å². The molecule has 242 valence electrons. The van der Waals surface area contributed by atoms with Gasteiger partial charge in [0.15, 0.2) is 0 Å². The Hall–Kier alpha value is -2.49. The van der Waals surface area contributed by atoms with Crippen LogP contribution in [0.5, 0.6) is 0 Å². The van der Waals surface area contributed by atoms with Crippen LogP contribution in [0.1, 0.15) is 122 Å². The Morgan fingerprint density at radius 2 is 1.87 bits per heavy atom. The number of nitrogens with zero attached hydrogens (tertiary/aromatic N) is 2. The minimum atomic E-state index is -0.188. The lowest BCUT2D eigenvalue weighted by atomic mass is 9.61. The van der Waals surface area contributed by atoms with Crippen molar-refractivity contribution < 1.29 is 4.74 Å². The van der Waals surface area contributed by atoms with Crippen LogP contribution in [0, 0.1) is 17.8 Å². The number of allylic oxidation sites excluding steroid dienone is 3. The van der Waals surface area contributed by atoms with Gasteiger partial charge in [0, 0.05) is 29.0 Å². The molecule has 4 aliphatic rings. The summed E-state index contributed by atoms with van der Waals surface area (Å²) < 4.78 is 7.05. The Morgan fingerprint density at radius 3 is 2.60 bits per heavy atom. The van der Waals surface area contributed by atoms with Crippen molar-refractivity contribution in [3.63, 3.8) is 0 Å². The zero-order valence-corrected chi connectivity index (χ0v) is 29.2. The smallest absolute Gasteiger partial charge is 0.120 e. The van der Waals surface area contributed by atoms with Gasteiger partial charge in [0.2, 0.25) is 0 Å². The molecular weight excluding hydrogens is 548 g/mol. The minimum Gasteiger partial charge on any atom is -0.362 e. The summed E-state index contributed by atoms with van der Waals surface area (Å²) in [7, 11) is 0. The topological polar surface area (TPSA) is 24.8 Å². The Morgan fingerprint density at radius 1 is 1.11 bits per heavy atom. The van der Waals surface area contributed by atoms with Crippen molar-refractivity contribution in [2.75, 3.05) is 6.61 Å². The molecule has 0 aromatic heterocycles. The van der Waals surface area contributed by atoms with Gasteiger partial charge in [-0.2, -0.15) is 0 Å². The Kier molecular flexibility index (Phi) is 9.34. The van der Waals surface area contributed by atoms with E-state index < -0.39 is 0 Å². The van der Waals surface area contributed by atoms with Crippen LogP contribution < -0.4 is 0 Å². The lowest BCUT2D eigenvalue weighted by molar-refractivity contribution is -0.165. The summed E-state index contributed by atoms with van der Waals surface area (Å²) >= 11 is 0. The summed E-state index contributed by atoms with van der Waals surface area (Å²) in [5.41, 5.74) is 7.49. The summed E-state index contributed by atoms with van der Waals surface area (Å²) in [6.45, 7) is 26.4. The highest BCUT2D eigenvalue weighted by Gasteiger charge is 2.50. The van der Waals surface area contributed by atoms with Crippen LogP contribution in [0.2, 0.25) is 0 Å². The molecule has 2 aliphatic carbocycles. The fourth-order valence-corrected chi connectivity index (χ4v) is 9.47. The number of aliphatic imine (C=N–C) groups is 1. The molecule has 2 heterocycles. The summed E-state index contributed by atoms with van der Waals surface area (Å²) in [6.07, 6.45) is 14.3. The van der Waals surface area contributed by atoms with Crippen LogP contribution >= 0.6 is 0 Å². The van der Waals surface area contributed by atoms with E-state index in [4.69, 9.17) is 16.3 Å². The predicted molar refractivity (Wildman–Crippen MR) is 192 cm³/mol. The molecule has 0 spiro atoms. The molecule has 2 fully saturated rings. The fraction of sp³-hybridized carbons (Fsp3) is 0.595. The van der Waals surface area contributed by atoms with Crippen LogP contribution in [-0.2, 0) is 10.2 Å². The first-order valence-electron chi connectivity index (χ1n) is 18.1. The van der Waals surface area contributed by atoms with Crippen molar-refractivity contribution in [1.29, 1.82) is 0 Å². The number of ether oxygens (including phenoxy) is 1. The van der Waals surface area contributed by atoms with Gasteiger partial charge in [-0.05, 0) is 95.9 Å². The minimum absolute atomic E-state index is 0.000718. The second-order valence-electron chi connectivity index (χ2n) is 15.7. The molecule has 0 radical (unpaired) electrons. The van der Waals surface area contributed by atoms with Crippen molar-refractivity contribution in [1.82, 2.24) is 4.90 Å². The molecule has 6 rings (SSSR count). The van der Waals surface area contributed by atoms with E-state index in [0.29, 0.717) is 18.0 Å². The van der Waals surface area contributed by atoms with Gasteiger partial charge in [-0.25, -0.2) is 0 Å². The predicted octanol–water partition coefficient (Wildman–Crippen LogP) is 10.5. The average Bonchev–Trinajstić information content (AvgIpc) is 3.01. The third kappa shape index (κ3) is 5.71. The van der Waals surface area contributed by atoms with E-state index in [0.717, 1.165) is 42.6 Å². The van der Waals surface area contributed by atoms with Crippen LogP contribution in [0.15, 0.2) is 71.8 Å². The highest BCUT2D eigenvalue weighted by atomic mass is 16.5. The van der Waals surface area contributed by atoms with Crippen LogP contribution in [-0.4, -0.2) is 41.6 Å². The maximum atomic E-state index is 7.05. The summed E-state index contributed by atoms with van der Waals surface area (Å²) in [5, 5.41) is 2.66. The molecule has 3 heteroatoms. The van der Waals surface area contributed by atoms with E-state index in [1.807, 2.05) is 0 Å². The lowest BCUT2D eigenvalue weighted by Gasteiger charge is -2.53. The van der Waals surface area contributed by atoms with Gasteiger partial charge < -0.3 is 4.74 Å². The van der Waals surface area contributed by atoms with Crippen molar-refractivity contribution in [2.45, 2.75) is 136 Å². The zero-order valence-electron chi connectivity index (χ0n) is 29.2. The van der Waals surface area contributed by atoms with Crippen LogP contribution in [0.3, 0.4) is 0 Å². The molecule has 2 aliphatic heterocycles. The van der Waals surface area contributed by atoms with Crippen molar-refractivity contribution in [3.8, 4) is 0 Å². The van der Waals surface area contributed by atoms with Gasteiger partial charge in [-0.15, -0.1) is 6.58 Å². The third-order valence-electron chi connectivity index (χ3n) is 11.8. The molecule has 0 amide bonds. The molecule has 0 bridgehead atoms. The molecule has 3 nitrogen and oxygen atoms in total. The molecule has 2 aromatic rings. The van der Waals surface area contributed by atoms with Gasteiger partial charge >= 0.3 is 0 Å². The van der Waals surface area contributed by atoms with E-state index in [-0.39, 0.29) is 23.6 Å². The SMILES string of the molecule is C=CCC1N=C2C(=C)/C(=C\C(C)C)C(C)(C)c3c2c(cc2ccccc32)C1C1OCC[C@H](C)N1C1CCCCC1CC(C)CC. The second-order valence-corrected chi connectivity index (χ2v) is 15.7. The van der Waals surface area contributed by atoms with Gasteiger partial charge in [0.1, 0.15) is 6.23 Å². The first kappa shape index (κ1) is 32.5. The Bertz CT molecular complexity index is 1490. The highest BCUT2D eigenvalue weighted by Crippen LogP contribution is 2.53. The molecule has 45 heavy (non-hydrogen) atoms. The lowest BCUT2D eigenvalue weighted by Crippen LogP contribution is -2.60. The van der Waals surface area contributed by atoms with Crippen LogP contribution in [0.4, 0.5) is 0 Å². The molecule has 1 saturated heterocycles. The largest absolute Gasteiger partial charge is 0.362 e. The van der Waals surface area contributed by atoms with Gasteiger partial charge in [-0.3, -0.25) is 9.89 Å². The average molecular weight is 607 g/mol. The second kappa shape index (κ2) is 13.0. The molecule has 2 aromatic carbocycles. The van der Waals surface area contributed by atoms with E-state index in [1.165, 1.54) is 71.6 Å². The molecule has 0 N–H and O–H groups in total. The van der Waals surface area contributed by atoms with E-state index >= 15 is 0 Å².